The predicted molar refractivity (Wildman–Crippen MR) is 78.0 cm³/mol. The van der Waals surface area contributed by atoms with Gasteiger partial charge in [0.15, 0.2) is 0 Å². The first-order chi connectivity index (χ1) is 8.45. The average molecular weight is 249 g/mol. The molecule has 0 bridgehead atoms. The summed E-state index contributed by atoms with van der Waals surface area (Å²) in [5.74, 6) is 0. The number of hydrogen-bond donors (Lipinski definition) is 2. The van der Waals surface area contributed by atoms with Crippen molar-refractivity contribution < 1.29 is 5.11 Å². The molecule has 0 fully saturated rings. The van der Waals surface area contributed by atoms with E-state index in [4.69, 9.17) is 5.11 Å². The molecule has 2 heteroatoms. The Morgan fingerprint density at radius 2 is 1.67 bits per heavy atom. The number of hydrogen-bond acceptors (Lipinski definition) is 2. The Morgan fingerprint density at radius 1 is 1.11 bits per heavy atom. The van der Waals surface area contributed by atoms with Crippen LogP contribution in [0.1, 0.15) is 55.0 Å². The molecule has 0 aromatic heterocycles. The van der Waals surface area contributed by atoms with Crippen molar-refractivity contribution in [2.45, 2.75) is 59.5 Å². The molecule has 0 saturated carbocycles. The molecule has 1 rings (SSSR count). The standard InChI is InChI=1S/C16H27NO/c1-11-9-12(2)16(13(3)10-11)15(5)17-14(4)7-6-8-18/h9-10,14-15,17-18H,6-8H2,1-5H3. The van der Waals surface area contributed by atoms with E-state index in [1.165, 1.54) is 22.3 Å². The van der Waals surface area contributed by atoms with Gasteiger partial charge in [-0.05, 0) is 64.2 Å². The van der Waals surface area contributed by atoms with Crippen molar-refractivity contribution in [3.63, 3.8) is 0 Å². The van der Waals surface area contributed by atoms with Gasteiger partial charge >= 0.3 is 0 Å². The zero-order valence-electron chi connectivity index (χ0n) is 12.4. The maximum absolute atomic E-state index is 8.86. The Labute approximate surface area is 111 Å². The van der Waals surface area contributed by atoms with Crippen molar-refractivity contribution in [2.24, 2.45) is 0 Å². The predicted octanol–water partition coefficient (Wildman–Crippen LogP) is 3.42. The third-order valence-electron chi connectivity index (χ3n) is 3.50. The fourth-order valence-corrected chi connectivity index (χ4v) is 2.87. The summed E-state index contributed by atoms with van der Waals surface area (Å²) in [7, 11) is 0. The zero-order chi connectivity index (χ0) is 13.7. The third kappa shape index (κ3) is 4.11. The van der Waals surface area contributed by atoms with Crippen LogP contribution in [0.4, 0.5) is 0 Å². The fraction of sp³-hybridized carbons (Fsp3) is 0.625. The van der Waals surface area contributed by atoms with E-state index in [2.05, 4.69) is 52.1 Å². The normalized spacial score (nSPS) is 14.6. The average Bonchev–Trinajstić information content (AvgIpc) is 2.24. The van der Waals surface area contributed by atoms with Gasteiger partial charge in [0.2, 0.25) is 0 Å². The molecule has 1 aromatic carbocycles. The molecule has 2 N–H and O–H groups in total. The molecule has 0 spiro atoms. The van der Waals surface area contributed by atoms with Gasteiger partial charge in [0, 0.05) is 18.7 Å². The second-order valence-corrected chi connectivity index (χ2v) is 5.47. The summed E-state index contributed by atoms with van der Waals surface area (Å²) in [5.41, 5.74) is 5.47. The fourth-order valence-electron chi connectivity index (χ4n) is 2.87. The summed E-state index contributed by atoms with van der Waals surface area (Å²) in [6.45, 7) is 11.2. The molecule has 102 valence electrons. The van der Waals surface area contributed by atoms with Crippen LogP contribution in [0.25, 0.3) is 0 Å². The minimum atomic E-state index is 0.281. The van der Waals surface area contributed by atoms with E-state index in [9.17, 15) is 0 Å². The quantitative estimate of drug-likeness (QED) is 0.809. The summed E-state index contributed by atoms with van der Waals surface area (Å²) in [5, 5.41) is 12.5. The summed E-state index contributed by atoms with van der Waals surface area (Å²) < 4.78 is 0. The van der Waals surface area contributed by atoms with Crippen LogP contribution in [0.3, 0.4) is 0 Å². The molecule has 2 nitrogen and oxygen atoms in total. The lowest BCUT2D eigenvalue weighted by atomic mass is 9.94. The van der Waals surface area contributed by atoms with Crippen molar-refractivity contribution >= 4 is 0 Å². The lowest BCUT2D eigenvalue weighted by molar-refractivity contribution is 0.274. The molecule has 2 unspecified atom stereocenters. The molecular formula is C16H27NO. The van der Waals surface area contributed by atoms with Gasteiger partial charge in [-0.1, -0.05) is 17.7 Å². The van der Waals surface area contributed by atoms with Crippen molar-refractivity contribution in [2.75, 3.05) is 6.61 Å². The van der Waals surface area contributed by atoms with E-state index >= 15 is 0 Å². The van der Waals surface area contributed by atoms with E-state index < -0.39 is 0 Å². The minimum Gasteiger partial charge on any atom is -0.396 e. The first-order valence-electron chi connectivity index (χ1n) is 6.90. The second-order valence-electron chi connectivity index (χ2n) is 5.47. The molecule has 0 amide bonds. The Bertz CT molecular complexity index is 364. The number of nitrogens with one attached hydrogen (secondary N) is 1. The number of aryl methyl sites for hydroxylation is 3. The Kier molecular flexibility index (Phi) is 5.83. The topological polar surface area (TPSA) is 32.3 Å². The van der Waals surface area contributed by atoms with E-state index in [1.807, 2.05) is 0 Å². The molecule has 0 aliphatic rings. The first kappa shape index (κ1) is 15.2. The number of benzene rings is 1. The highest BCUT2D eigenvalue weighted by molar-refractivity contribution is 5.39. The minimum absolute atomic E-state index is 0.281. The molecule has 0 aliphatic heterocycles. The van der Waals surface area contributed by atoms with Gasteiger partial charge in [0.05, 0.1) is 0 Å². The van der Waals surface area contributed by atoms with Gasteiger partial charge in [0.1, 0.15) is 0 Å². The van der Waals surface area contributed by atoms with Crippen LogP contribution in [0, 0.1) is 20.8 Å². The highest BCUT2D eigenvalue weighted by Gasteiger charge is 2.13. The molecule has 0 heterocycles. The highest BCUT2D eigenvalue weighted by atomic mass is 16.2. The Hall–Kier alpha value is -0.860. The SMILES string of the molecule is Cc1cc(C)c(C(C)NC(C)CCCO)c(C)c1. The number of rotatable bonds is 6. The van der Waals surface area contributed by atoms with E-state index in [1.54, 1.807) is 0 Å². The summed E-state index contributed by atoms with van der Waals surface area (Å²) in [6, 6.07) is 5.30. The lowest BCUT2D eigenvalue weighted by Crippen LogP contribution is -2.30. The van der Waals surface area contributed by atoms with Crippen molar-refractivity contribution in [3.05, 3.63) is 34.4 Å². The van der Waals surface area contributed by atoms with Crippen LogP contribution in [0.15, 0.2) is 12.1 Å². The molecular weight excluding hydrogens is 222 g/mol. The Morgan fingerprint density at radius 3 is 2.17 bits per heavy atom. The first-order valence-corrected chi connectivity index (χ1v) is 6.90. The summed E-state index contributed by atoms with van der Waals surface area (Å²) >= 11 is 0. The van der Waals surface area contributed by atoms with Gasteiger partial charge in [0.25, 0.3) is 0 Å². The van der Waals surface area contributed by atoms with Crippen LogP contribution in [-0.2, 0) is 0 Å². The summed E-state index contributed by atoms with van der Waals surface area (Å²) in [4.78, 5) is 0. The molecule has 0 saturated heterocycles. The second kappa shape index (κ2) is 6.91. The zero-order valence-corrected chi connectivity index (χ0v) is 12.4. The summed E-state index contributed by atoms with van der Waals surface area (Å²) in [6.07, 6.45) is 1.89. The van der Waals surface area contributed by atoms with E-state index in [0.29, 0.717) is 12.1 Å². The van der Waals surface area contributed by atoms with E-state index in [0.717, 1.165) is 12.8 Å². The molecule has 2 atom stereocenters. The van der Waals surface area contributed by atoms with Crippen LogP contribution in [-0.4, -0.2) is 17.8 Å². The molecule has 0 aliphatic carbocycles. The highest BCUT2D eigenvalue weighted by Crippen LogP contribution is 2.23. The third-order valence-corrected chi connectivity index (χ3v) is 3.50. The largest absolute Gasteiger partial charge is 0.396 e. The molecule has 0 radical (unpaired) electrons. The number of aliphatic hydroxyl groups is 1. The van der Waals surface area contributed by atoms with Crippen LogP contribution in [0.5, 0.6) is 0 Å². The smallest absolute Gasteiger partial charge is 0.0431 e. The maximum atomic E-state index is 8.86. The molecule has 18 heavy (non-hydrogen) atoms. The van der Waals surface area contributed by atoms with Gasteiger partial charge < -0.3 is 10.4 Å². The van der Waals surface area contributed by atoms with Gasteiger partial charge in [-0.3, -0.25) is 0 Å². The van der Waals surface area contributed by atoms with E-state index in [-0.39, 0.29) is 6.61 Å². The van der Waals surface area contributed by atoms with Crippen LogP contribution in [0.2, 0.25) is 0 Å². The van der Waals surface area contributed by atoms with Crippen molar-refractivity contribution in [1.29, 1.82) is 0 Å². The van der Waals surface area contributed by atoms with Gasteiger partial charge in [-0.2, -0.15) is 0 Å². The van der Waals surface area contributed by atoms with Crippen molar-refractivity contribution in [3.8, 4) is 0 Å². The van der Waals surface area contributed by atoms with Crippen molar-refractivity contribution in [1.82, 2.24) is 5.32 Å². The van der Waals surface area contributed by atoms with Crippen LogP contribution >= 0.6 is 0 Å². The lowest BCUT2D eigenvalue weighted by Gasteiger charge is -2.23. The van der Waals surface area contributed by atoms with Crippen LogP contribution < -0.4 is 5.32 Å². The molecule has 1 aromatic rings. The monoisotopic (exact) mass is 249 g/mol. The maximum Gasteiger partial charge on any atom is 0.0431 e. The number of aliphatic hydroxyl groups excluding tert-OH is 1. The van der Waals surface area contributed by atoms with Gasteiger partial charge in [-0.15, -0.1) is 0 Å². The Balaban J connectivity index is 2.75. The van der Waals surface area contributed by atoms with Gasteiger partial charge in [-0.25, -0.2) is 0 Å².